The van der Waals surface area contributed by atoms with E-state index in [-0.39, 0.29) is 11.8 Å². The lowest BCUT2D eigenvalue weighted by atomic mass is 10.2. The molecule has 1 aliphatic rings. The number of carbonyl (C=O) groups is 2. The number of likely N-dealkylation sites (tertiary alicyclic amines) is 1. The van der Waals surface area contributed by atoms with E-state index in [4.69, 9.17) is 0 Å². The molecule has 0 unspecified atom stereocenters. The van der Waals surface area contributed by atoms with E-state index in [0.717, 1.165) is 48.2 Å². The Morgan fingerprint density at radius 3 is 2.69 bits per heavy atom. The molecule has 2 amide bonds. The van der Waals surface area contributed by atoms with Crippen LogP contribution in [-0.2, 0) is 9.59 Å². The molecule has 0 atom stereocenters. The molecule has 1 saturated heterocycles. The Kier molecular flexibility index (Phi) is 9.24. The third-order valence-corrected chi connectivity index (χ3v) is 5.58. The summed E-state index contributed by atoms with van der Waals surface area (Å²) in [6.45, 7) is 5.50. The van der Waals surface area contributed by atoms with Crippen LogP contribution in [0.3, 0.4) is 0 Å². The predicted molar refractivity (Wildman–Crippen MR) is 130 cm³/mol. The molecular weight excluding hydrogens is 474 g/mol. The number of hydrogen-bond acceptors (Lipinski definition) is 7. The maximum absolute atomic E-state index is 12.3. The fourth-order valence-corrected chi connectivity index (χ4v) is 3.68. The Labute approximate surface area is 196 Å². The van der Waals surface area contributed by atoms with Gasteiger partial charge in [0.05, 0.1) is 11.0 Å². The molecule has 0 aliphatic carbocycles. The van der Waals surface area contributed by atoms with Crippen molar-refractivity contribution >= 4 is 50.9 Å². The number of nitrogens with one attached hydrogen (secondary N) is 4. The van der Waals surface area contributed by atoms with Gasteiger partial charge in [-0.2, -0.15) is 4.98 Å². The topological polar surface area (TPSA) is 111 Å². The normalized spacial score (nSPS) is 13.6. The van der Waals surface area contributed by atoms with E-state index >= 15 is 0 Å². The summed E-state index contributed by atoms with van der Waals surface area (Å²) in [7, 11) is 0. The van der Waals surface area contributed by atoms with Crippen molar-refractivity contribution in [3.63, 3.8) is 0 Å². The molecule has 172 valence electrons. The molecule has 0 spiro atoms. The largest absolute Gasteiger partial charge is 0.369 e. The van der Waals surface area contributed by atoms with E-state index in [0.29, 0.717) is 37.8 Å². The molecule has 2 aromatic rings. The van der Waals surface area contributed by atoms with Crippen molar-refractivity contribution in [2.75, 3.05) is 48.7 Å². The van der Waals surface area contributed by atoms with Crippen molar-refractivity contribution in [2.45, 2.75) is 32.6 Å². The second-order valence-electron chi connectivity index (χ2n) is 7.61. The summed E-state index contributed by atoms with van der Waals surface area (Å²) in [4.78, 5) is 34.6. The number of carbonyl (C=O) groups excluding carboxylic acids is 2. The van der Waals surface area contributed by atoms with Crippen LogP contribution in [0.25, 0.3) is 0 Å². The second kappa shape index (κ2) is 12.4. The van der Waals surface area contributed by atoms with Crippen molar-refractivity contribution < 1.29 is 9.59 Å². The Bertz CT molecular complexity index is 919. The molecule has 1 aromatic carbocycles. The molecule has 1 aromatic heterocycles. The molecule has 9 nitrogen and oxygen atoms in total. The van der Waals surface area contributed by atoms with Gasteiger partial charge in [0.15, 0.2) is 0 Å². The smallest absolute Gasteiger partial charge is 0.238 e. The third kappa shape index (κ3) is 7.76. The number of rotatable bonds is 11. The van der Waals surface area contributed by atoms with Crippen molar-refractivity contribution in [3.05, 3.63) is 34.9 Å². The summed E-state index contributed by atoms with van der Waals surface area (Å²) < 4.78 is 0.753. The van der Waals surface area contributed by atoms with Crippen LogP contribution < -0.4 is 21.3 Å². The number of anilines is 4. The van der Waals surface area contributed by atoms with E-state index in [1.54, 1.807) is 6.20 Å². The molecule has 32 heavy (non-hydrogen) atoms. The van der Waals surface area contributed by atoms with Crippen LogP contribution in [0.1, 0.15) is 32.6 Å². The molecule has 10 heteroatoms. The highest BCUT2D eigenvalue weighted by Crippen LogP contribution is 2.23. The quantitative estimate of drug-likeness (QED) is 0.348. The van der Waals surface area contributed by atoms with Crippen molar-refractivity contribution in [2.24, 2.45) is 0 Å². The highest BCUT2D eigenvalue weighted by Gasteiger charge is 2.15. The van der Waals surface area contributed by atoms with Gasteiger partial charge in [0, 0.05) is 37.1 Å². The van der Waals surface area contributed by atoms with Gasteiger partial charge in [-0.25, -0.2) is 4.98 Å². The Morgan fingerprint density at radius 2 is 1.91 bits per heavy atom. The number of benzene rings is 1. The lowest BCUT2D eigenvalue weighted by Gasteiger charge is -2.14. The molecule has 1 fully saturated rings. The first kappa shape index (κ1) is 23.9. The number of halogens is 1. The van der Waals surface area contributed by atoms with Crippen LogP contribution in [0, 0.1) is 0 Å². The zero-order valence-corrected chi connectivity index (χ0v) is 19.9. The zero-order chi connectivity index (χ0) is 22.8. The molecule has 0 radical (unpaired) electrons. The monoisotopic (exact) mass is 503 g/mol. The van der Waals surface area contributed by atoms with Gasteiger partial charge in [0.2, 0.25) is 17.8 Å². The average molecular weight is 504 g/mol. The van der Waals surface area contributed by atoms with Crippen molar-refractivity contribution in [3.8, 4) is 0 Å². The standard InChI is InChI=1S/C22H30BrN7O2/c1-2-19(31)24-9-6-10-25-21-18(23)14-26-22(29-21)28-17-8-5-7-16(13-17)27-20(32)15-30-11-3-4-12-30/h5,7-8,13-14H,2-4,6,9-12,15H2,1H3,(H,24,31)(H,27,32)(H2,25,26,28,29). The first-order chi connectivity index (χ1) is 15.5. The maximum atomic E-state index is 12.3. The van der Waals surface area contributed by atoms with Crippen LogP contribution in [-0.4, -0.2) is 59.4 Å². The molecule has 2 heterocycles. The lowest BCUT2D eigenvalue weighted by molar-refractivity contribution is -0.120. The van der Waals surface area contributed by atoms with E-state index in [2.05, 4.69) is 52.1 Å². The fourth-order valence-electron chi connectivity index (χ4n) is 3.35. The summed E-state index contributed by atoms with van der Waals surface area (Å²) in [6, 6.07) is 7.48. The van der Waals surface area contributed by atoms with Gasteiger partial charge in [0.1, 0.15) is 5.82 Å². The van der Waals surface area contributed by atoms with Gasteiger partial charge in [0.25, 0.3) is 0 Å². The Balaban J connectivity index is 1.52. The van der Waals surface area contributed by atoms with Gasteiger partial charge in [-0.05, 0) is 66.5 Å². The fraction of sp³-hybridized carbons (Fsp3) is 0.455. The number of aromatic nitrogens is 2. The van der Waals surface area contributed by atoms with E-state index in [9.17, 15) is 9.59 Å². The van der Waals surface area contributed by atoms with Crippen molar-refractivity contribution in [1.82, 2.24) is 20.2 Å². The minimum absolute atomic E-state index is 0.00875. The van der Waals surface area contributed by atoms with Gasteiger partial charge < -0.3 is 21.3 Å². The van der Waals surface area contributed by atoms with E-state index in [1.165, 1.54) is 0 Å². The van der Waals surface area contributed by atoms with Crippen LogP contribution in [0.4, 0.5) is 23.1 Å². The Morgan fingerprint density at radius 1 is 1.12 bits per heavy atom. The van der Waals surface area contributed by atoms with E-state index < -0.39 is 0 Å². The van der Waals surface area contributed by atoms with Gasteiger partial charge >= 0.3 is 0 Å². The highest BCUT2D eigenvalue weighted by atomic mass is 79.9. The van der Waals surface area contributed by atoms with Crippen LogP contribution in [0.5, 0.6) is 0 Å². The summed E-state index contributed by atoms with van der Waals surface area (Å²) in [5, 5.41) is 12.2. The molecule has 4 N–H and O–H groups in total. The predicted octanol–water partition coefficient (Wildman–Crippen LogP) is 3.35. The summed E-state index contributed by atoms with van der Waals surface area (Å²) in [5.41, 5.74) is 1.50. The molecule has 1 aliphatic heterocycles. The SMILES string of the molecule is CCC(=O)NCCCNc1nc(Nc2cccc(NC(=O)CN3CCCC3)c2)ncc1Br. The van der Waals surface area contributed by atoms with Crippen LogP contribution in [0.2, 0.25) is 0 Å². The van der Waals surface area contributed by atoms with Crippen LogP contribution in [0.15, 0.2) is 34.9 Å². The zero-order valence-electron chi connectivity index (χ0n) is 18.3. The van der Waals surface area contributed by atoms with Gasteiger partial charge in [-0.1, -0.05) is 13.0 Å². The van der Waals surface area contributed by atoms with Crippen molar-refractivity contribution in [1.29, 1.82) is 0 Å². The first-order valence-corrected chi connectivity index (χ1v) is 11.7. The van der Waals surface area contributed by atoms with Gasteiger partial charge in [-0.15, -0.1) is 0 Å². The molecule has 0 saturated carbocycles. The lowest BCUT2D eigenvalue weighted by Crippen LogP contribution is -2.30. The summed E-state index contributed by atoms with van der Waals surface area (Å²) in [6.07, 6.45) is 5.27. The molecule has 3 rings (SSSR count). The minimum Gasteiger partial charge on any atom is -0.369 e. The summed E-state index contributed by atoms with van der Waals surface area (Å²) >= 11 is 3.46. The number of hydrogen-bond donors (Lipinski definition) is 4. The Hall–Kier alpha value is -2.72. The summed E-state index contributed by atoms with van der Waals surface area (Å²) in [5.74, 6) is 1.15. The second-order valence-corrected chi connectivity index (χ2v) is 8.47. The van der Waals surface area contributed by atoms with E-state index in [1.807, 2.05) is 31.2 Å². The first-order valence-electron chi connectivity index (χ1n) is 11.0. The third-order valence-electron chi connectivity index (χ3n) is 5.00. The minimum atomic E-state index is -0.00875. The maximum Gasteiger partial charge on any atom is 0.238 e. The molecular formula is C22H30BrN7O2. The number of nitrogens with zero attached hydrogens (tertiary/aromatic N) is 3. The molecule has 0 bridgehead atoms. The highest BCUT2D eigenvalue weighted by molar-refractivity contribution is 9.10. The van der Waals surface area contributed by atoms with Gasteiger partial charge in [-0.3, -0.25) is 14.5 Å². The average Bonchev–Trinajstić information content (AvgIpc) is 3.28. The van der Waals surface area contributed by atoms with Crippen LogP contribution >= 0.6 is 15.9 Å². The number of amides is 2.